The minimum atomic E-state index is -0.456. The van der Waals surface area contributed by atoms with Crippen LogP contribution in [0.2, 0.25) is 0 Å². The van der Waals surface area contributed by atoms with Crippen LogP contribution in [0.3, 0.4) is 0 Å². The first kappa shape index (κ1) is 20.8. The van der Waals surface area contributed by atoms with Gasteiger partial charge in [-0.3, -0.25) is 0 Å². The molecular formula is C25H25FN4O. The van der Waals surface area contributed by atoms with E-state index in [0.29, 0.717) is 34.4 Å². The third-order valence-corrected chi connectivity index (χ3v) is 5.29. The monoisotopic (exact) mass is 416 g/mol. The molecule has 0 saturated carbocycles. The standard InChI is InChI=1S/C25H25FN4O/c1-25(2,28)17-7-10-19(11-8-17)29-23(16-5-3-15(14-27)4-6-16)22-20-12-9-18(26)13-21(20)30-24(22)31/h3-13,30-31H,14,27-28H2,1-2H3. The largest absolute Gasteiger partial charge is 0.494 e. The lowest BCUT2D eigenvalue weighted by Gasteiger charge is -2.19. The molecule has 0 aliphatic rings. The third kappa shape index (κ3) is 4.21. The lowest BCUT2D eigenvalue weighted by Crippen LogP contribution is -2.28. The molecule has 0 unspecified atom stereocenters. The molecule has 4 rings (SSSR count). The zero-order valence-corrected chi connectivity index (χ0v) is 17.5. The van der Waals surface area contributed by atoms with Gasteiger partial charge < -0.3 is 21.6 Å². The summed E-state index contributed by atoms with van der Waals surface area (Å²) in [5.41, 5.74) is 16.5. The second-order valence-corrected chi connectivity index (χ2v) is 8.17. The highest BCUT2D eigenvalue weighted by Gasteiger charge is 2.19. The molecule has 1 aromatic heterocycles. The maximum Gasteiger partial charge on any atom is 0.199 e. The Labute approximate surface area is 180 Å². The Hall–Kier alpha value is -3.48. The van der Waals surface area contributed by atoms with Crippen molar-refractivity contribution in [2.24, 2.45) is 16.5 Å². The number of fused-ring (bicyclic) bond motifs is 1. The summed E-state index contributed by atoms with van der Waals surface area (Å²) in [5.74, 6) is -0.451. The number of aromatic nitrogens is 1. The van der Waals surface area contributed by atoms with Gasteiger partial charge in [-0.05, 0) is 55.3 Å². The van der Waals surface area contributed by atoms with Crippen molar-refractivity contribution in [3.05, 3.63) is 94.8 Å². The van der Waals surface area contributed by atoms with Crippen LogP contribution in [0.15, 0.2) is 71.7 Å². The fraction of sp³-hybridized carbons (Fsp3) is 0.160. The predicted molar refractivity (Wildman–Crippen MR) is 123 cm³/mol. The Balaban J connectivity index is 1.90. The summed E-state index contributed by atoms with van der Waals surface area (Å²) in [4.78, 5) is 7.71. The highest BCUT2D eigenvalue weighted by atomic mass is 19.1. The maximum absolute atomic E-state index is 13.7. The molecule has 3 aromatic carbocycles. The van der Waals surface area contributed by atoms with E-state index in [1.807, 2.05) is 62.4 Å². The molecular weight excluding hydrogens is 391 g/mol. The molecule has 0 fully saturated rings. The lowest BCUT2D eigenvalue weighted by molar-refractivity contribution is 0.457. The van der Waals surface area contributed by atoms with Gasteiger partial charge in [0.1, 0.15) is 5.82 Å². The third-order valence-electron chi connectivity index (χ3n) is 5.29. The Morgan fingerprint density at radius 2 is 1.71 bits per heavy atom. The molecule has 5 nitrogen and oxygen atoms in total. The number of halogens is 1. The van der Waals surface area contributed by atoms with E-state index in [-0.39, 0.29) is 11.7 Å². The number of H-pyrrole nitrogens is 1. The number of aromatic hydroxyl groups is 1. The fourth-order valence-corrected chi connectivity index (χ4v) is 3.55. The first-order valence-corrected chi connectivity index (χ1v) is 10.0. The van der Waals surface area contributed by atoms with Crippen LogP contribution in [-0.2, 0) is 12.1 Å². The molecule has 4 aromatic rings. The Morgan fingerprint density at radius 1 is 1.03 bits per heavy atom. The second kappa shape index (κ2) is 7.98. The summed E-state index contributed by atoms with van der Waals surface area (Å²) < 4.78 is 13.7. The molecule has 6 N–H and O–H groups in total. The van der Waals surface area contributed by atoms with Gasteiger partial charge in [0.25, 0.3) is 0 Å². The number of rotatable bonds is 5. The van der Waals surface area contributed by atoms with Gasteiger partial charge in [-0.25, -0.2) is 9.38 Å². The molecule has 0 bridgehead atoms. The molecule has 0 atom stereocenters. The highest BCUT2D eigenvalue weighted by Crippen LogP contribution is 2.32. The van der Waals surface area contributed by atoms with Crippen LogP contribution < -0.4 is 11.5 Å². The van der Waals surface area contributed by atoms with Gasteiger partial charge in [0.05, 0.1) is 22.5 Å². The van der Waals surface area contributed by atoms with Crippen LogP contribution in [0.5, 0.6) is 5.88 Å². The summed E-state index contributed by atoms with van der Waals surface area (Å²) in [7, 11) is 0. The van der Waals surface area contributed by atoms with Crippen molar-refractivity contribution in [1.82, 2.24) is 4.98 Å². The van der Waals surface area contributed by atoms with Gasteiger partial charge >= 0.3 is 0 Å². The van der Waals surface area contributed by atoms with Crippen LogP contribution in [0.4, 0.5) is 10.1 Å². The van der Waals surface area contributed by atoms with Crippen LogP contribution in [-0.4, -0.2) is 15.8 Å². The van der Waals surface area contributed by atoms with Gasteiger partial charge in [-0.2, -0.15) is 0 Å². The predicted octanol–water partition coefficient (Wildman–Crippen LogP) is 4.83. The average Bonchev–Trinajstić information content (AvgIpc) is 3.06. The van der Waals surface area contributed by atoms with E-state index < -0.39 is 5.54 Å². The Morgan fingerprint density at radius 3 is 2.32 bits per heavy atom. The normalized spacial score (nSPS) is 12.5. The summed E-state index contributed by atoms with van der Waals surface area (Å²) in [6.07, 6.45) is 0. The zero-order valence-electron chi connectivity index (χ0n) is 17.5. The van der Waals surface area contributed by atoms with E-state index in [1.165, 1.54) is 12.1 Å². The summed E-state index contributed by atoms with van der Waals surface area (Å²) in [5, 5.41) is 11.4. The molecule has 0 saturated heterocycles. The molecule has 0 aliphatic heterocycles. The Kier molecular flexibility index (Phi) is 5.35. The van der Waals surface area contributed by atoms with Crippen molar-refractivity contribution >= 4 is 22.3 Å². The maximum atomic E-state index is 13.7. The van der Waals surface area contributed by atoms with E-state index in [2.05, 4.69) is 4.98 Å². The van der Waals surface area contributed by atoms with Crippen molar-refractivity contribution in [3.63, 3.8) is 0 Å². The van der Waals surface area contributed by atoms with E-state index in [9.17, 15) is 9.50 Å². The zero-order chi connectivity index (χ0) is 22.2. The molecule has 0 amide bonds. The lowest BCUT2D eigenvalue weighted by atomic mass is 9.95. The number of nitrogens with zero attached hydrogens (tertiary/aromatic N) is 1. The summed E-state index contributed by atoms with van der Waals surface area (Å²) in [6, 6.07) is 19.7. The fourth-order valence-electron chi connectivity index (χ4n) is 3.55. The number of aliphatic imine (C=N–C) groups is 1. The molecule has 6 heteroatoms. The van der Waals surface area contributed by atoms with Crippen molar-refractivity contribution in [3.8, 4) is 5.88 Å². The van der Waals surface area contributed by atoms with Crippen LogP contribution >= 0.6 is 0 Å². The summed E-state index contributed by atoms with van der Waals surface area (Å²) >= 11 is 0. The number of hydrogen-bond acceptors (Lipinski definition) is 4. The molecule has 0 spiro atoms. The van der Waals surface area contributed by atoms with Gasteiger partial charge in [-0.15, -0.1) is 0 Å². The van der Waals surface area contributed by atoms with Gasteiger partial charge in [0.15, 0.2) is 5.88 Å². The molecule has 158 valence electrons. The molecule has 0 aliphatic carbocycles. The first-order chi connectivity index (χ1) is 14.8. The minimum absolute atomic E-state index is 0.0676. The van der Waals surface area contributed by atoms with Crippen molar-refractivity contribution in [2.45, 2.75) is 25.9 Å². The summed E-state index contributed by atoms with van der Waals surface area (Å²) in [6.45, 7) is 4.32. The quantitative estimate of drug-likeness (QED) is 0.350. The van der Waals surface area contributed by atoms with Gasteiger partial charge in [0.2, 0.25) is 0 Å². The van der Waals surface area contributed by atoms with Crippen molar-refractivity contribution in [1.29, 1.82) is 0 Å². The smallest absolute Gasteiger partial charge is 0.199 e. The number of nitrogens with two attached hydrogens (primary N) is 2. The SMILES string of the molecule is CC(C)(N)c1ccc(N=C(c2ccc(CN)cc2)c2c(O)[nH]c3cc(F)ccc23)cc1. The van der Waals surface area contributed by atoms with Crippen LogP contribution in [0, 0.1) is 5.82 Å². The van der Waals surface area contributed by atoms with Gasteiger partial charge in [0, 0.05) is 23.0 Å². The van der Waals surface area contributed by atoms with Crippen molar-refractivity contribution in [2.75, 3.05) is 0 Å². The first-order valence-electron chi connectivity index (χ1n) is 10.0. The molecule has 31 heavy (non-hydrogen) atoms. The Bertz CT molecular complexity index is 1250. The number of hydrogen-bond donors (Lipinski definition) is 4. The number of nitrogens with one attached hydrogen (secondary N) is 1. The van der Waals surface area contributed by atoms with E-state index in [4.69, 9.17) is 16.5 Å². The average molecular weight is 417 g/mol. The van der Waals surface area contributed by atoms with Crippen LogP contribution in [0.1, 0.15) is 36.1 Å². The highest BCUT2D eigenvalue weighted by molar-refractivity contribution is 6.21. The minimum Gasteiger partial charge on any atom is -0.494 e. The van der Waals surface area contributed by atoms with Crippen molar-refractivity contribution < 1.29 is 9.50 Å². The topological polar surface area (TPSA) is 100 Å². The molecule has 1 heterocycles. The number of aromatic amines is 1. The number of benzene rings is 3. The van der Waals surface area contributed by atoms with E-state index >= 15 is 0 Å². The molecule has 0 radical (unpaired) electrons. The van der Waals surface area contributed by atoms with Gasteiger partial charge in [-0.1, -0.05) is 36.4 Å². The van der Waals surface area contributed by atoms with Crippen LogP contribution in [0.25, 0.3) is 10.9 Å². The second-order valence-electron chi connectivity index (χ2n) is 8.17. The van der Waals surface area contributed by atoms with E-state index in [0.717, 1.165) is 16.7 Å². The van der Waals surface area contributed by atoms with E-state index in [1.54, 1.807) is 6.07 Å².